The third kappa shape index (κ3) is 5.62. The number of carbonyl (C=O) groups excluding carboxylic acids is 1. The van der Waals surface area contributed by atoms with Crippen LogP contribution in [0.5, 0.6) is 0 Å². The molecule has 2 N–H and O–H groups in total. The van der Waals surface area contributed by atoms with Crippen molar-refractivity contribution in [2.75, 3.05) is 10.6 Å². The summed E-state index contributed by atoms with van der Waals surface area (Å²) in [5.74, 6) is -0.214. The van der Waals surface area contributed by atoms with Gasteiger partial charge in [-0.1, -0.05) is 31.9 Å². The molecule has 1 aromatic heterocycles. The third-order valence-corrected chi connectivity index (χ3v) is 4.83. The zero-order valence-corrected chi connectivity index (χ0v) is 16.0. The van der Waals surface area contributed by atoms with Gasteiger partial charge in [-0.3, -0.25) is 4.79 Å². The van der Waals surface area contributed by atoms with Gasteiger partial charge in [-0.25, -0.2) is 9.37 Å². The number of benzene rings is 2. The van der Waals surface area contributed by atoms with E-state index in [1.807, 2.05) is 29.6 Å². The SMILES string of the molecule is CCCCCC(=O)Nc1ccc(-c2csc(Nc3ccc(F)cc3)n2)cc1. The summed E-state index contributed by atoms with van der Waals surface area (Å²) in [5, 5.41) is 8.79. The number of nitrogens with one attached hydrogen (secondary N) is 2. The number of aromatic nitrogens is 1. The van der Waals surface area contributed by atoms with Crippen molar-refractivity contribution in [2.45, 2.75) is 32.6 Å². The second kappa shape index (κ2) is 9.28. The lowest BCUT2D eigenvalue weighted by Crippen LogP contribution is -2.10. The van der Waals surface area contributed by atoms with Crippen LogP contribution in [0.1, 0.15) is 32.6 Å². The normalized spacial score (nSPS) is 10.6. The number of hydrogen-bond donors (Lipinski definition) is 2. The maximum absolute atomic E-state index is 13.0. The van der Waals surface area contributed by atoms with E-state index < -0.39 is 0 Å². The van der Waals surface area contributed by atoms with Gasteiger partial charge in [0.1, 0.15) is 5.82 Å². The summed E-state index contributed by atoms with van der Waals surface area (Å²) in [5.41, 5.74) is 3.41. The molecule has 4 nitrogen and oxygen atoms in total. The molecule has 0 fully saturated rings. The van der Waals surface area contributed by atoms with E-state index >= 15 is 0 Å². The van der Waals surface area contributed by atoms with Gasteiger partial charge < -0.3 is 10.6 Å². The van der Waals surface area contributed by atoms with Crippen molar-refractivity contribution in [1.82, 2.24) is 4.98 Å². The molecular formula is C21H22FN3OS. The van der Waals surface area contributed by atoms with E-state index in [0.717, 1.165) is 47.0 Å². The molecule has 0 aliphatic carbocycles. The van der Waals surface area contributed by atoms with Crippen LogP contribution in [0.4, 0.5) is 20.9 Å². The Kier molecular flexibility index (Phi) is 6.54. The highest BCUT2D eigenvalue weighted by Crippen LogP contribution is 2.28. The first kappa shape index (κ1) is 19.0. The zero-order valence-electron chi connectivity index (χ0n) is 15.2. The first-order valence-electron chi connectivity index (χ1n) is 9.02. The summed E-state index contributed by atoms with van der Waals surface area (Å²) >= 11 is 1.48. The molecule has 2 aromatic carbocycles. The highest BCUT2D eigenvalue weighted by atomic mass is 32.1. The van der Waals surface area contributed by atoms with Gasteiger partial charge in [0.05, 0.1) is 5.69 Å². The van der Waals surface area contributed by atoms with E-state index in [2.05, 4.69) is 22.5 Å². The Balaban J connectivity index is 1.59. The average molecular weight is 383 g/mol. The number of carbonyl (C=O) groups is 1. The van der Waals surface area contributed by atoms with Crippen molar-refractivity contribution in [3.63, 3.8) is 0 Å². The highest BCUT2D eigenvalue weighted by molar-refractivity contribution is 7.14. The molecular weight excluding hydrogens is 361 g/mol. The first-order valence-corrected chi connectivity index (χ1v) is 9.90. The topological polar surface area (TPSA) is 54.0 Å². The van der Waals surface area contributed by atoms with Crippen molar-refractivity contribution < 1.29 is 9.18 Å². The highest BCUT2D eigenvalue weighted by Gasteiger charge is 2.07. The van der Waals surface area contributed by atoms with Crippen LogP contribution in [-0.4, -0.2) is 10.9 Å². The Morgan fingerprint density at radius 1 is 1.04 bits per heavy atom. The number of thiazole rings is 1. The van der Waals surface area contributed by atoms with Crippen molar-refractivity contribution in [3.8, 4) is 11.3 Å². The fourth-order valence-corrected chi connectivity index (χ4v) is 3.34. The maximum atomic E-state index is 13.0. The summed E-state index contributed by atoms with van der Waals surface area (Å²) in [6, 6.07) is 13.8. The van der Waals surface area contributed by atoms with E-state index in [1.165, 1.54) is 23.5 Å². The largest absolute Gasteiger partial charge is 0.332 e. The van der Waals surface area contributed by atoms with Crippen LogP contribution in [0.25, 0.3) is 11.3 Å². The lowest BCUT2D eigenvalue weighted by atomic mass is 10.1. The van der Waals surface area contributed by atoms with Gasteiger partial charge >= 0.3 is 0 Å². The van der Waals surface area contributed by atoms with Crippen molar-refractivity contribution in [2.24, 2.45) is 0 Å². The monoisotopic (exact) mass is 383 g/mol. The molecule has 0 aliphatic rings. The minimum Gasteiger partial charge on any atom is -0.332 e. The zero-order chi connectivity index (χ0) is 19.1. The van der Waals surface area contributed by atoms with Crippen molar-refractivity contribution in [1.29, 1.82) is 0 Å². The number of rotatable bonds is 8. The fraction of sp³-hybridized carbons (Fsp3) is 0.238. The van der Waals surface area contributed by atoms with Gasteiger partial charge in [0.15, 0.2) is 5.13 Å². The third-order valence-electron chi connectivity index (χ3n) is 4.07. The van der Waals surface area contributed by atoms with E-state index in [0.29, 0.717) is 6.42 Å². The van der Waals surface area contributed by atoms with Gasteiger partial charge in [-0.05, 0) is 42.8 Å². The van der Waals surface area contributed by atoms with Crippen LogP contribution in [0, 0.1) is 5.82 Å². The molecule has 0 aliphatic heterocycles. The molecule has 27 heavy (non-hydrogen) atoms. The molecule has 0 radical (unpaired) electrons. The second-order valence-corrected chi connectivity index (χ2v) is 7.11. The number of unbranched alkanes of at least 4 members (excludes halogenated alkanes) is 2. The lowest BCUT2D eigenvalue weighted by molar-refractivity contribution is -0.116. The number of halogens is 1. The van der Waals surface area contributed by atoms with Crippen LogP contribution < -0.4 is 10.6 Å². The van der Waals surface area contributed by atoms with E-state index in [-0.39, 0.29) is 11.7 Å². The smallest absolute Gasteiger partial charge is 0.224 e. The van der Waals surface area contributed by atoms with E-state index in [1.54, 1.807) is 12.1 Å². The van der Waals surface area contributed by atoms with Crippen LogP contribution in [0.15, 0.2) is 53.9 Å². The lowest BCUT2D eigenvalue weighted by Gasteiger charge is -2.06. The fourth-order valence-electron chi connectivity index (χ4n) is 2.60. The van der Waals surface area contributed by atoms with Gasteiger partial charge in [0.2, 0.25) is 5.91 Å². The predicted octanol–water partition coefficient (Wildman–Crippen LogP) is 6.21. The molecule has 0 saturated carbocycles. The number of hydrogen-bond acceptors (Lipinski definition) is 4. The Morgan fingerprint density at radius 2 is 1.74 bits per heavy atom. The van der Waals surface area contributed by atoms with E-state index in [4.69, 9.17) is 0 Å². The first-order chi connectivity index (χ1) is 13.1. The Morgan fingerprint density at radius 3 is 2.44 bits per heavy atom. The van der Waals surface area contributed by atoms with Gasteiger partial charge in [-0.15, -0.1) is 11.3 Å². The quantitative estimate of drug-likeness (QED) is 0.455. The van der Waals surface area contributed by atoms with Crippen LogP contribution in [0.2, 0.25) is 0 Å². The molecule has 0 atom stereocenters. The van der Waals surface area contributed by atoms with Gasteiger partial charge in [-0.2, -0.15) is 0 Å². The number of anilines is 3. The summed E-state index contributed by atoms with van der Waals surface area (Å²) in [6.45, 7) is 2.12. The van der Waals surface area contributed by atoms with Gasteiger partial charge in [0, 0.05) is 28.7 Å². The van der Waals surface area contributed by atoms with Crippen LogP contribution in [0.3, 0.4) is 0 Å². The molecule has 140 valence electrons. The Labute approximate surface area is 162 Å². The van der Waals surface area contributed by atoms with Crippen molar-refractivity contribution in [3.05, 3.63) is 59.7 Å². The number of nitrogens with zero attached hydrogens (tertiary/aromatic N) is 1. The molecule has 0 unspecified atom stereocenters. The Hall–Kier alpha value is -2.73. The Bertz CT molecular complexity index is 875. The van der Waals surface area contributed by atoms with E-state index in [9.17, 15) is 9.18 Å². The maximum Gasteiger partial charge on any atom is 0.224 e. The predicted molar refractivity (Wildman–Crippen MR) is 110 cm³/mol. The summed E-state index contributed by atoms with van der Waals surface area (Å²) < 4.78 is 13.0. The molecule has 0 saturated heterocycles. The molecule has 6 heteroatoms. The molecule has 0 spiro atoms. The van der Waals surface area contributed by atoms with Gasteiger partial charge in [0.25, 0.3) is 0 Å². The second-order valence-electron chi connectivity index (χ2n) is 6.25. The minimum absolute atomic E-state index is 0.0515. The van der Waals surface area contributed by atoms with Crippen LogP contribution >= 0.6 is 11.3 Å². The molecule has 3 aromatic rings. The molecule has 1 amide bonds. The van der Waals surface area contributed by atoms with Crippen LogP contribution in [-0.2, 0) is 4.79 Å². The summed E-state index contributed by atoms with van der Waals surface area (Å²) in [6.07, 6.45) is 3.65. The molecule has 3 rings (SSSR count). The molecule has 1 heterocycles. The summed E-state index contributed by atoms with van der Waals surface area (Å²) in [7, 11) is 0. The molecule has 0 bridgehead atoms. The summed E-state index contributed by atoms with van der Waals surface area (Å²) in [4.78, 5) is 16.5. The average Bonchev–Trinajstić information content (AvgIpc) is 3.13. The number of amides is 1. The standard InChI is InChI=1S/C21H22FN3OS/c1-2-3-4-5-20(26)23-17-10-6-15(7-11-17)19-14-27-21(25-19)24-18-12-8-16(22)9-13-18/h6-14H,2-5H2,1H3,(H,23,26)(H,24,25). The minimum atomic E-state index is -0.266. The van der Waals surface area contributed by atoms with Crippen molar-refractivity contribution >= 4 is 33.8 Å².